The molecule has 3 heterocycles. The Bertz CT molecular complexity index is 1260. The number of rotatable bonds is 8. The SMILES string of the molecule is O=C(NC1CC1c1ccccc1)c1cc(Sc2cnc(Nc3cc(CO)ccn3)s2)ccn1. The lowest BCUT2D eigenvalue weighted by Gasteiger charge is -2.06. The van der Waals surface area contributed by atoms with Crippen LogP contribution in [0.3, 0.4) is 0 Å². The lowest BCUT2D eigenvalue weighted by Crippen LogP contribution is -2.27. The number of aliphatic hydroxyl groups excluding tert-OH is 1. The third-order valence-electron chi connectivity index (χ3n) is 5.24. The number of nitrogens with one attached hydrogen (secondary N) is 2. The molecule has 1 aliphatic rings. The van der Waals surface area contributed by atoms with Crippen LogP contribution in [-0.2, 0) is 6.61 Å². The lowest BCUT2D eigenvalue weighted by molar-refractivity contribution is 0.0945. The first-order valence-corrected chi connectivity index (χ1v) is 12.1. The second-order valence-electron chi connectivity index (χ2n) is 7.63. The number of aromatic nitrogens is 3. The van der Waals surface area contributed by atoms with E-state index in [4.69, 9.17) is 0 Å². The van der Waals surface area contributed by atoms with Crippen molar-refractivity contribution in [2.75, 3.05) is 5.32 Å². The molecule has 4 aromatic rings. The number of carbonyl (C=O) groups is 1. The third-order valence-corrected chi connectivity index (χ3v) is 7.25. The first-order valence-electron chi connectivity index (χ1n) is 10.5. The summed E-state index contributed by atoms with van der Waals surface area (Å²) in [6, 6.07) is 17.6. The lowest BCUT2D eigenvalue weighted by atomic mass is 10.1. The Morgan fingerprint density at radius 3 is 2.79 bits per heavy atom. The molecule has 1 saturated carbocycles. The summed E-state index contributed by atoms with van der Waals surface area (Å²) in [7, 11) is 0. The maximum atomic E-state index is 12.7. The summed E-state index contributed by atoms with van der Waals surface area (Å²) in [6.45, 7) is -0.0399. The molecular weight excluding hydrogens is 454 g/mol. The molecule has 0 saturated heterocycles. The van der Waals surface area contributed by atoms with Crippen LogP contribution in [0.5, 0.6) is 0 Å². The molecule has 3 aromatic heterocycles. The zero-order chi connectivity index (χ0) is 22.6. The predicted octanol–water partition coefficient (Wildman–Crippen LogP) is 4.61. The van der Waals surface area contributed by atoms with Crippen molar-refractivity contribution >= 4 is 40.0 Å². The van der Waals surface area contributed by atoms with Gasteiger partial charge in [-0.3, -0.25) is 9.78 Å². The van der Waals surface area contributed by atoms with Gasteiger partial charge in [-0.2, -0.15) is 0 Å². The molecule has 166 valence electrons. The molecule has 2 unspecified atom stereocenters. The zero-order valence-corrected chi connectivity index (χ0v) is 19.1. The van der Waals surface area contributed by atoms with Crippen LogP contribution in [0, 0.1) is 0 Å². The van der Waals surface area contributed by atoms with Gasteiger partial charge in [-0.15, -0.1) is 0 Å². The predicted molar refractivity (Wildman–Crippen MR) is 129 cm³/mol. The van der Waals surface area contributed by atoms with E-state index in [9.17, 15) is 9.90 Å². The van der Waals surface area contributed by atoms with E-state index in [2.05, 4.69) is 37.7 Å². The number of nitrogens with zero attached hydrogens (tertiary/aromatic N) is 3. The number of hydrogen-bond donors (Lipinski definition) is 3. The highest BCUT2D eigenvalue weighted by Gasteiger charge is 2.39. The van der Waals surface area contributed by atoms with Gasteiger partial charge >= 0.3 is 0 Å². The molecule has 0 aliphatic heterocycles. The largest absolute Gasteiger partial charge is 0.392 e. The molecule has 2 atom stereocenters. The molecule has 3 N–H and O–H groups in total. The van der Waals surface area contributed by atoms with Crippen LogP contribution in [0.1, 0.15) is 34.0 Å². The Balaban J connectivity index is 1.20. The van der Waals surface area contributed by atoms with Crippen molar-refractivity contribution in [1.29, 1.82) is 0 Å². The quantitative estimate of drug-likeness (QED) is 0.342. The van der Waals surface area contributed by atoms with Crippen LogP contribution in [0.2, 0.25) is 0 Å². The van der Waals surface area contributed by atoms with Crippen molar-refractivity contribution in [2.24, 2.45) is 0 Å². The fourth-order valence-electron chi connectivity index (χ4n) is 3.50. The Labute approximate surface area is 199 Å². The summed E-state index contributed by atoms with van der Waals surface area (Å²) in [6.07, 6.45) is 6.03. The van der Waals surface area contributed by atoms with Crippen molar-refractivity contribution in [3.63, 3.8) is 0 Å². The summed E-state index contributed by atoms with van der Waals surface area (Å²) >= 11 is 3.01. The number of pyridine rings is 2. The molecule has 1 aromatic carbocycles. The standard InChI is InChI=1S/C24H21N5O2S2/c30-14-15-6-8-26-21(10-15)29-24-27-13-22(33-24)32-17-7-9-25-20(11-17)23(31)28-19-12-18(19)16-4-2-1-3-5-16/h1-11,13,18-19,30H,12,14H2,(H,28,31)(H,26,27,29). The fraction of sp³-hybridized carbons (Fsp3) is 0.167. The molecule has 0 radical (unpaired) electrons. The Morgan fingerprint density at radius 2 is 1.94 bits per heavy atom. The highest BCUT2D eigenvalue weighted by Crippen LogP contribution is 2.41. The van der Waals surface area contributed by atoms with Crippen LogP contribution in [-0.4, -0.2) is 32.0 Å². The van der Waals surface area contributed by atoms with Crippen molar-refractivity contribution in [2.45, 2.75) is 34.1 Å². The van der Waals surface area contributed by atoms with Gasteiger partial charge in [0.1, 0.15) is 11.5 Å². The summed E-state index contributed by atoms with van der Waals surface area (Å²) in [5, 5.41) is 16.2. The monoisotopic (exact) mass is 475 g/mol. The second-order valence-corrected chi connectivity index (χ2v) is 10.0. The number of aliphatic hydroxyl groups is 1. The Morgan fingerprint density at radius 1 is 1.09 bits per heavy atom. The van der Waals surface area contributed by atoms with Gasteiger partial charge in [0.2, 0.25) is 0 Å². The summed E-state index contributed by atoms with van der Waals surface area (Å²) in [5.41, 5.74) is 2.45. The third kappa shape index (κ3) is 5.39. The molecule has 0 spiro atoms. The van der Waals surface area contributed by atoms with Crippen molar-refractivity contribution in [3.8, 4) is 0 Å². The average Bonchev–Trinajstić information content (AvgIpc) is 3.49. The maximum absolute atomic E-state index is 12.7. The van der Waals surface area contributed by atoms with Crippen LogP contribution < -0.4 is 10.6 Å². The van der Waals surface area contributed by atoms with E-state index in [0.717, 1.165) is 21.1 Å². The molecule has 1 aliphatic carbocycles. The minimum Gasteiger partial charge on any atom is -0.392 e. The minimum absolute atomic E-state index is 0.0399. The molecule has 33 heavy (non-hydrogen) atoms. The first kappa shape index (κ1) is 21.6. The van der Waals surface area contributed by atoms with Gasteiger partial charge in [-0.1, -0.05) is 53.4 Å². The number of thiazole rings is 1. The van der Waals surface area contributed by atoms with E-state index in [1.54, 1.807) is 36.8 Å². The maximum Gasteiger partial charge on any atom is 0.270 e. The van der Waals surface area contributed by atoms with Crippen LogP contribution in [0.25, 0.3) is 0 Å². The molecule has 9 heteroatoms. The van der Waals surface area contributed by atoms with E-state index >= 15 is 0 Å². The first-order chi connectivity index (χ1) is 16.2. The number of hydrogen-bond acceptors (Lipinski definition) is 8. The van der Waals surface area contributed by atoms with Crippen LogP contribution >= 0.6 is 23.1 Å². The topological polar surface area (TPSA) is 100 Å². The Hall–Kier alpha value is -3.27. The Kier molecular flexibility index (Phi) is 6.34. The van der Waals surface area contributed by atoms with Gasteiger partial charge in [0.05, 0.1) is 17.0 Å². The van der Waals surface area contributed by atoms with Gasteiger partial charge in [-0.25, -0.2) is 9.97 Å². The van der Waals surface area contributed by atoms with Crippen molar-refractivity contribution in [3.05, 3.63) is 90.0 Å². The van der Waals surface area contributed by atoms with Crippen molar-refractivity contribution < 1.29 is 9.90 Å². The summed E-state index contributed by atoms with van der Waals surface area (Å²) in [5.74, 6) is 0.856. The molecular formula is C24H21N5O2S2. The highest BCUT2D eigenvalue weighted by molar-refractivity contribution is 8.01. The molecule has 7 nitrogen and oxygen atoms in total. The normalized spacial score (nSPS) is 16.9. The van der Waals surface area contributed by atoms with Crippen LogP contribution in [0.4, 0.5) is 10.9 Å². The minimum atomic E-state index is -0.151. The van der Waals surface area contributed by atoms with E-state index in [1.807, 2.05) is 24.3 Å². The van der Waals surface area contributed by atoms with E-state index in [-0.39, 0.29) is 18.6 Å². The zero-order valence-electron chi connectivity index (χ0n) is 17.5. The van der Waals surface area contributed by atoms with Gasteiger partial charge in [0.25, 0.3) is 5.91 Å². The number of amides is 1. The van der Waals surface area contributed by atoms with E-state index in [1.165, 1.54) is 28.7 Å². The second kappa shape index (κ2) is 9.70. The van der Waals surface area contributed by atoms with Gasteiger partial charge in [0, 0.05) is 29.2 Å². The average molecular weight is 476 g/mol. The number of benzene rings is 1. The molecule has 1 amide bonds. The highest BCUT2D eigenvalue weighted by atomic mass is 32.2. The number of carbonyl (C=O) groups excluding carboxylic acids is 1. The summed E-state index contributed by atoms with van der Waals surface area (Å²) in [4.78, 5) is 26.5. The van der Waals surface area contributed by atoms with Gasteiger partial charge in [0.15, 0.2) is 5.13 Å². The smallest absolute Gasteiger partial charge is 0.270 e. The fourth-order valence-corrected chi connectivity index (χ4v) is 5.38. The van der Waals surface area contributed by atoms with Crippen molar-refractivity contribution in [1.82, 2.24) is 20.3 Å². The van der Waals surface area contributed by atoms with E-state index < -0.39 is 0 Å². The molecule has 0 bridgehead atoms. The van der Waals surface area contributed by atoms with Crippen LogP contribution in [0.15, 0.2) is 82.3 Å². The van der Waals surface area contributed by atoms with E-state index in [0.29, 0.717) is 22.6 Å². The number of anilines is 2. The van der Waals surface area contributed by atoms with Gasteiger partial charge < -0.3 is 15.7 Å². The van der Waals surface area contributed by atoms with Gasteiger partial charge in [-0.05, 0) is 41.8 Å². The summed E-state index contributed by atoms with van der Waals surface area (Å²) < 4.78 is 0.972. The molecule has 5 rings (SSSR count). The molecule has 1 fully saturated rings.